The third-order valence-corrected chi connectivity index (χ3v) is 3.18. The number of rotatable bonds is 4. The highest BCUT2D eigenvalue weighted by molar-refractivity contribution is 5.98. The largest absolute Gasteiger partial charge is 0.486 e. The zero-order valence-corrected chi connectivity index (χ0v) is 12.2. The third-order valence-electron chi connectivity index (χ3n) is 3.18. The van der Waals surface area contributed by atoms with Gasteiger partial charge >= 0.3 is 0 Å². The average Bonchev–Trinajstić information content (AvgIpc) is 2.94. The molecule has 0 saturated heterocycles. The van der Waals surface area contributed by atoms with Crippen LogP contribution in [0.5, 0.6) is 11.5 Å². The van der Waals surface area contributed by atoms with Crippen LogP contribution in [0.3, 0.4) is 0 Å². The van der Waals surface area contributed by atoms with Crippen LogP contribution in [0.1, 0.15) is 6.92 Å². The summed E-state index contributed by atoms with van der Waals surface area (Å²) in [6.45, 7) is 2.81. The molecule has 0 aliphatic carbocycles. The standard InChI is InChI=1S/C16H17N3O3/c1-2-5-16(20)18-12-8-17-19(9-12)10-13-11-21-14-6-3-4-7-15(14)22-13/h2-9,13H,10-11H2,1H3,(H,18,20)/b5-2+/t13-/m0/s1. The van der Waals surface area contributed by atoms with Crippen LogP contribution in [-0.4, -0.2) is 28.4 Å². The fourth-order valence-electron chi connectivity index (χ4n) is 2.22. The molecule has 1 aromatic heterocycles. The van der Waals surface area contributed by atoms with Crippen LogP contribution in [0.4, 0.5) is 5.69 Å². The summed E-state index contributed by atoms with van der Waals surface area (Å²) in [7, 11) is 0. The van der Waals surface area contributed by atoms with E-state index in [9.17, 15) is 4.79 Å². The lowest BCUT2D eigenvalue weighted by Gasteiger charge is -2.26. The molecule has 1 atom stereocenters. The highest BCUT2D eigenvalue weighted by Crippen LogP contribution is 2.31. The van der Waals surface area contributed by atoms with Crippen LogP contribution < -0.4 is 14.8 Å². The van der Waals surface area contributed by atoms with E-state index >= 15 is 0 Å². The van der Waals surface area contributed by atoms with Crippen LogP contribution >= 0.6 is 0 Å². The second-order valence-corrected chi connectivity index (χ2v) is 4.94. The molecule has 1 N–H and O–H groups in total. The van der Waals surface area contributed by atoms with Gasteiger partial charge in [-0.15, -0.1) is 0 Å². The molecule has 3 rings (SSSR count). The Balaban J connectivity index is 1.60. The molecular formula is C16H17N3O3. The molecule has 114 valence electrons. The zero-order chi connectivity index (χ0) is 15.4. The molecule has 0 radical (unpaired) electrons. The summed E-state index contributed by atoms with van der Waals surface area (Å²) in [5.41, 5.74) is 0.653. The first-order valence-electron chi connectivity index (χ1n) is 7.09. The Labute approximate surface area is 128 Å². The fourth-order valence-corrected chi connectivity index (χ4v) is 2.22. The number of amides is 1. The first kappa shape index (κ1) is 14.2. The lowest BCUT2D eigenvalue weighted by atomic mass is 10.2. The maximum Gasteiger partial charge on any atom is 0.248 e. The lowest BCUT2D eigenvalue weighted by molar-refractivity contribution is -0.111. The number of benzene rings is 1. The fraction of sp³-hybridized carbons (Fsp3) is 0.250. The molecule has 2 heterocycles. The third kappa shape index (κ3) is 3.28. The van der Waals surface area contributed by atoms with Crippen molar-refractivity contribution in [1.29, 1.82) is 0 Å². The van der Waals surface area contributed by atoms with Gasteiger partial charge in [0, 0.05) is 6.20 Å². The molecular weight excluding hydrogens is 282 g/mol. The first-order valence-corrected chi connectivity index (χ1v) is 7.09. The van der Waals surface area contributed by atoms with E-state index in [1.54, 1.807) is 30.1 Å². The molecule has 1 aromatic carbocycles. The molecule has 22 heavy (non-hydrogen) atoms. The Morgan fingerprint density at radius 1 is 1.45 bits per heavy atom. The van der Waals surface area contributed by atoms with Crippen molar-refractivity contribution in [2.24, 2.45) is 0 Å². The monoisotopic (exact) mass is 299 g/mol. The van der Waals surface area contributed by atoms with Gasteiger partial charge in [-0.05, 0) is 25.1 Å². The van der Waals surface area contributed by atoms with Gasteiger partial charge in [0.05, 0.1) is 18.4 Å². The quantitative estimate of drug-likeness (QED) is 0.879. The maximum absolute atomic E-state index is 11.5. The van der Waals surface area contributed by atoms with Crippen molar-refractivity contribution in [3.8, 4) is 11.5 Å². The number of para-hydroxylation sites is 2. The van der Waals surface area contributed by atoms with Gasteiger partial charge in [0.1, 0.15) is 6.61 Å². The molecule has 2 aromatic rings. The number of ether oxygens (including phenoxy) is 2. The van der Waals surface area contributed by atoms with E-state index in [-0.39, 0.29) is 12.0 Å². The minimum atomic E-state index is -0.173. The number of hydrogen-bond acceptors (Lipinski definition) is 4. The predicted octanol–water partition coefficient (Wildman–Crippen LogP) is 2.24. The number of allylic oxidation sites excluding steroid dienone is 1. The van der Waals surface area contributed by atoms with E-state index in [4.69, 9.17) is 9.47 Å². The van der Waals surface area contributed by atoms with Gasteiger partial charge < -0.3 is 14.8 Å². The maximum atomic E-state index is 11.5. The molecule has 0 fully saturated rings. The Hall–Kier alpha value is -2.76. The summed E-state index contributed by atoms with van der Waals surface area (Å²) < 4.78 is 13.3. The van der Waals surface area contributed by atoms with Crippen LogP contribution in [0.15, 0.2) is 48.8 Å². The van der Waals surface area contributed by atoms with Crippen LogP contribution in [0.2, 0.25) is 0 Å². The molecule has 6 heteroatoms. The normalized spacial score (nSPS) is 16.7. The topological polar surface area (TPSA) is 65.4 Å². The van der Waals surface area contributed by atoms with Crippen molar-refractivity contribution in [3.63, 3.8) is 0 Å². The van der Waals surface area contributed by atoms with Crippen LogP contribution in [-0.2, 0) is 11.3 Å². The van der Waals surface area contributed by atoms with E-state index < -0.39 is 0 Å². The van der Waals surface area contributed by atoms with Gasteiger partial charge in [0.2, 0.25) is 5.91 Å². The molecule has 1 amide bonds. The number of fused-ring (bicyclic) bond motifs is 1. The van der Waals surface area contributed by atoms with E-state index in [1.165, 1.54) is 6.08 Å². The number of carbonyl (C=O) groups is 1. The van der Waals surface area contributed by atoms with Crippen molar-refractivity contribution in [2.45, 2.75) is 19.6 Å². The van der Waals surface area contributed by atoms with Gasteiger partial charge in [-0.25, -0.2) is 0 Å². The summed E-state index contributed by atoms with van der Waals surface area (Å²) in [4.78, 5) is 11.5. The minimum absolute atomic E-state index is 0.117. The second-order valence-electron chi connectivity index (χ2n) is 4.94. The molecule has 1 aliphatic heterocycles. The minimum Gasteiger partial charge on any atom is -0.486 e. The van der Waals surface area contributed by atoms with Crippen LogP contribution in [0.25, 0.3) is 0 Å². The molecule has 0 spiro atoms. The summed E-state index contributed by atoms with van der Waals surface area (Å²) >= 11 is 0. The zero-order valence-electron chi connectivity index (χ0n) is 12.2. The van der Waals surface area contributed by atoms with Gasteiger partial charge in [-0.2, -0.15) is 5.10 Å². The van der Waals surface area contributed by atoms with Crippen molar-refractivity contribution in [2.75, 3.05) is 11.9 Å². The first-order chi connectivity index (χ1) is 10.7. The lowest BCUT2D eigenvalue weighted by Crippen LogP contribution is -2.33. The molecule has 0 saturated carbocycles. The Morgan fingerprint density at radius 3 is 3.09 bits per heavy atom. The predicted molar refractivity (Wildman–Crippen MR) is 82.0 cm³/mol. The SMILES string of the molecule is C/C=C/C(=O)Nc1cnn(C[C@H]2COc3ccccc3O2)c1. The summed E-state index contributed by atoms with van der Waals surface area (Å²) in [6.07, 6.45) is 6.41. The number of hydrogen-bond donors (Lipinski definition) is 1. The Kier molecular flexibility index (Phi) is 4.09. The number of carbonyl (C=O) groups excluding carboxylic acids is 1. The number of nitrogens with zero attached hydrogens (tertiary/aromatic N) is 2. The Bertz CT molecular complexity index is 693. The highest BCUT2D eigenvalue weighted by Gasteiger charge is 2.21. The molecule has 0 unspecified atom stereocenters. The van der Waals surface area contributed by atoms with E-state index in [1.807, 2.05) is 24.3 Å². The van der Waals surface area contributed by atoms with Crippen molar-refractivity contribution in [3.05, 3.63) is 48.8 Å². The van der Waals surface area contributed by atoms with Gasteiger partial charge in [0.15, 0.2) is 17.6 Å². The molecule has 0 bridgehead atoms. The average molecular weight is 299 g/mol. The van der Waals surface area contributed by atoms with Gasteiger partial charge in [0.25, 0.3) is 0 Å². The number of nitrogens with one attached hydrogen (secondary N) is 1. The smallest absolute Gasteiger partial charge is 0.248 e. The van der Waals surface area contributed by atoms with Gasteiger partial charge in [-0.1, -0.05) is 18.2 Å². The molecule has 1 aliphatic rings. The Morgan fingerprint density at radius 2 is 2.27 bits per heavy atom. The summed E-state index contributed by atoms with van der Waals surface area (Å²) in [5, 5.41) is 6.96. The number of anilines is 1. The van der Waals surface area contributed by atoms with Crippen molar-refractivity contribution >= 4 is 11.6 Å². The highest BCUT2D eigenvalue weighted by atomic mass is 16.6. The van der Waals surface area contributed by atoms with Crippen molar-refractivity contribution < 1.29 is 14.3 Å². The van der Waals surface area contributed by atoms with E-state index in [0.717, 1.165) is 11.5 Å². The van der Waals surface area contributed by atoms with Crippen molar-refractivity contribution in [1.82, 2.24) is 9.78 Å². The second kappa shape index (κ2) is 6.34. The number of aromatic nitrogens is 2. The van der Waals surface area contributed by atoms with E-state index in [2.05, 4.69) is 10.4 Å². The summed E-state index contributed by atoms with van der Waals surface area (Å²) in [6, 6.07) is 7.59. The van der Waals surface area contributed by atoms with Crippen LogP contribution in [0, 0.1) is 0 Å². The summed E-state index contributed by atoms with van der Waals surface area (Å²) in [5.74, 6) is 1.33. The molecule has 6 nitrogen and oxygen atoms in total. The van der Waals surface area contributed by atoms with Gasteiger partial charge in [-0.3, -0.25) is 9.48 Å². The van der Waals surface area contributed by atoms with E-state index in [0.29, 0.717) is 18.8 Å².